The van der Waals surface area contributed by atoms with Crippen molar-refractivity contribution in [3.8, 4) is 0 Å². The third-order valence-electron chi connectivity index (χ3n) is 3.80. The Morgan fingerprint density at radius 1 is 0.960 bits per heavy atom. The Kier molecular flexibility index (Phi) is 13.4. The van der Waals surface area contributed by atoms with Crippen molar-refractivity contribution < 1.29 is 28.3 Å². The Labute approximate surface area is 172 Å². The van der Waals surface area contributed by atoms with Gasteiger partial charge in [-0.2, -0.15) is 0 Å². The smallest absolute Gasteiger partial charge is 0.383 e. The Balaban J connectivity index is 0. The molecule has 0 aliphatic heterocycles. The average molecular weight is 380 g/mol. The predicted molar refractivity (Wildman–Crippen MR) is 113 cm³/mol. The van der Waals surface area contributed by atoms with Gasteiger partial charge >= 0.3 is 18.9 Å². The van der Waals surface area contributed by atoms with Crippen LogP contribution in [0.5, 0.6) is 0 Å². The fourth-order valence-corrected chi connectivity index (χ4v) is 5.71. The van der Waals surface area contributed by atoms with Crippen molar-refractivity contribution in [2.45, 2.75) is 53.1 Å². The van der Waals surface area contributed by atoms with Crippen LogP contribution in [0, 0.1) is 11.5 Å². The van der Waals surface area contributed by atoms with Crippen LogP contribution in [0.4, 0.5) is 0 Å². The minimum Gasteiger partial charge on any atom is -0.383 e. The van der Waals surface area contributed by atoms with Gasteiger partial charge in [-0.05, 0) is 21.6 Å². The first kappa shape index (κ1) is 27.7. The zero-order chi connectivity index (χ0) is 19.0. The molecule has 0 rings (SSSR count). The predicted octanol–water partition coefficient (Wildman–Crippen LogP) is 1.50. The molecule has 0 spiro atoms. The Hall–Kier alpha value is 0.521. The summed E-state index contributed by atoms with van der Waals surface area (Å²) in [5, 5.41) is 0. The third-order valence-corrected chi connectivity index (χ3v) is 6.15. The molecule has 0 amide bonds. The van der Waals surface area contributed by atoms with Gasteiger partial charge in [0.15, 0.2) is 0 Å². The molecule has 25 heavy (non-hydrogen) atoms. The minimum atomic E-state index is -1.27. The molecule has 0 aromatic carbocycles. The Morgan fingerprint density at radius 3 is 1.72 bits per heavy atom. The molecule has 0 aromatic rings. The van der Waals surface area contributed by atoms with E-state index >= 15 is 0 Å². The largest absolute Gasteiger partial charge is 1.00 e. The molecule has 0 atom stereocenters. The summed E-state index contributed by atoms with van der Waals surface area (Å²) in [5.74, 6) is 0. The average Bonchev–Trinajstić information content (AvgIpc) is 2.37. The molecule has 0 N–H and O–H groups in total. The van der Waals surface area contributed by atoms with Crippen LogP contribution in [0.25, 0.3) is 0 Å². The summed E-state index contributed by atoms with van der Waals surface area (Å²) in [6.45, 7) is 23.8. The van der Waals surface area contributed by atoms with E-state index in [1.165, 1.54) is 0 Å². The zero-order valence-corrected chi connectivity index (χ0v) is 21.0. The molecule has 144 valence electrons. The van der Waals surface area contributed by atoms with E-state index in [1.807, 2.05) is 0 Å². The van der Waals surface area contributed by atoms with Gasteiger partial charge in [-0.15, -0.1) is 0 Å². The number of hydrogen-bond acceptors (Lipinski definition) is 3. The summed E-state index contributed by atoms with van der Waals surface area (Å²) >= 11 is 0. The fraction of sp³-hybridized carbons (Fsp3) is 0.842. The van der Waals surface area contributed by atoms with Crippen LogP contribution in [0.15, 0.2) is 11.3 Å². The van der Waals surface area contributed by atoms with Crippen LogP contribution in [0.3, 0.4) is 0 Å². The summed E-state index contributed by atoms with van der Waals surface area (Å²) in [6.07, 6.45) is 0. The molecular weight excluding hydrogens is 337 g/mol. The molecule has 0 aromatic heterocycles. The zero-order valence-electron chi connectivity index (χ0n) is 19.0. The molecule has 0 aliphatic carbocycles. The van der Waals surface area contributed by atoms with Crippen molar-refractivity contribution >= 4 is 16.1 Å². The van der Waals surface area contributed by atoms with Crippen LogP contribution in [0.1, 0.15) is 13.8 Å². The number of ether oxygens (including phenoxy) is 2. The van der Waals surface area contributed by atoms with E-state index in [9.17, 15) is 0 Å². The van der Waals surface area contributed by atoms with E-state index in [0.29, 0.717) is 0 Å². The number of rotatable bonds is 12. The van der Waals surface area contributed by atoms with Gasteiger partial charge in [0.05, 0.1) is 13.2 Å². The number of methoxy groups -OCH3 is 2. The van der Waals surface area contributed by atoms with E-state index in [-0.39, 0.29) is 24.3 Å². The normalized spacial score (nSPS) is 13.8. The van der Waals surface area contributed by atoms with Gasteiger partial charge in [0.1, 0.15) is 0 Å². The first-order valence-corrected chi connectivity index (χ1v) is 16.3. The van der Waals surface area contributed by atoms with Gasteiger partial charge < -0.3 is 9.47 Å². The topological polar surface area (TPSA) is 21.7 Å². The SMILES string of the molecule is COCCN(CCOC)CC(C)(C)/C(=C\[Si](C)(C)C)[CH-][Si](C)(C)C.[Li+]. The van der Waals surface area contributed by atoms with E-state index in [4.69, 9.17) is 9.47 Å². The molecule has 0 saturated heterocycles. The maximum atomic E-state index is 5.30. The summed E-state index contributed by atoms with van der Waals surface area (Å²) in [7, 11) is 1.00. The fourth-order valence-electron chi connectivity index (χ4n) is 2.73. The van der Waals surface area contributed by atoms with Crippen molar-refractivity contribution in [3.63, 3.8) is 0 Å². The number of hydrogen-bond donors (Lipinski definition) is 0. The van der Waals surface area contributed by atoms with Crippen LogP contribution >= 0.6 is 0 Å². The second-order valence-electron chi connectivity index (χ2n) is 9.62. The molecular formula is C19H42LiNO2Si2. The van der Waals surface area contributed by atoms with E-state index < -0.39 is 16.1 Å². The maximum Gasteiger partial charge on any atom is 1.00 e. The van der Waals surface area contributed by atoms with Gasteiger partial charge in [0.2, 0.25) is 0 Å². The van der Waals surface area contributed by atoms with E-state index in [2.05, 4.69) is 69.8 Å². The van der Waals surface area contributed by atoms with Crippen molar-refractivity contribution in [2.75, 3.05) is 47.1 Å². The van der Waals surface area contributed by atoms with Crippen LogP contribution in [0.2, 0.25) is 39.3 Å². The van der Waals surface area contributed by atoms with Crippen LogP contribution in [-0.2, 0) is 9.47 Å². The van der Waals surface area contributed by atoms with Crippen LogP contribution < -0.4 is 18.9 Å². The molecule has 0 unspecified atom stereocenters. The monoisotopic (exact) mass is 379 g/mol. The maximum absolute atomic E-state index is 5.30. The van der Waals surface area contributed by atoms with E-state index in [0.717, 1.165) is 32.8 Å². The van der Waals surface area contributed by atoms with Gasteiger partial charge in [0, 0.05) is 33.9 Å². The number of nitrogens with zero attached hydrogens (tertiary/aromatic N) is 1. The quantitative estimate of drug-likeness (QED) is 0.379. The minimum absolute atomic E-state index is 0. The Morgan fingerprint density at radius 2 is 1.40 bits per heavy atom. The Bertz CT molecular complexity index is 380. The van der Waals surface area contributed by atoms with Gasteiger partial charge in [0.25, 0.3) is 0 Å². The third kappa shape index (κ3) is 14.3. The van der Waals surface area contributed by atoms with Gasteiger partial charge in [-0.3, -0.25) is 4.90 Å². The molecule has 0 bridgehead atoms. The second-order valence-corrected chi connectivity index (χ2v) is 19.7. The van der Waals surface area contributed by atoms with Crippen molar-refractivity contribution in [2.24, 2.45) is 5.41 Å². The van der Waals surface area contributed by atoms with Crippen molar-refractivity contribution in [1.29, 1.82) is 0 Å². The molecule has 0 aliphatic rings. The van der Waals surface area contributed by atoms with Gasteiger partial charge in [-0.1, -0.05) is 53.1 Å². The molecule has 0 fully saturated rings. The molecule has 3 nitrogen and oxygen atoms in total. The van der Waals surface area contributed by atoms with Crippen molar-refractivity contribution in [1.82, 2.24) is 4.90 Å². The molecule has 0 radical (unpaired) electrons. The molecule has 0 heterocycles. The summed E-state index contributed by atoms with van der Waals surface area (Å²) in [6, 6.07) is 2.61. The summed E-state index contributed by atoms with van der Waals surface area (Å²) in [5.41, 5.74) is 4.30. The second kappa shape index (κ2) is 12.1. The molecule has 6 heteroatoms. The molecule has 0 saturated carbocycles. The van der Waals surface area contributed by atoms with Crippen LogP contribution in [-0.4, -0.2) is 68.1 Å². The van der Waals surface area contributed by atoms with Gasteiger partial charge in [-0.25, -0.2) is 17.3 Å². The van der Waals surface area contributed by atoms with E-state index in [1.54, 1.807) is 19.8 Å². The standard InChI is InChI=1S/C19H42NO2Si2.Li/c1-19(2,17-20(11-13-21-3)12-14-22-4)18(15-23(5,6)7)16-24(8,9)10;/h15-16H,11-14,17H2,1-10H3;/q-1;+1/b18-15-;. The first-order valence-electron chi connectivity index (χ1n) is 9.10. The first-order chi connectivity index (χ1) is 10.8. The summed E-state index contributed by atoms with van der Waals surface area (Å²) in [4.78, 5) is 2.48. The summed E-state index contributed by atoms with van der Waals surface area (Å²) < 4.78 is 10.6. The van der Waals surface area contributed by atoms with Crippen molar-refractivity contribution in [3.05, 3.63) is 17.3 Å².